The average molecular weight is 284 g/mol. The Morgan fingerprint density at radius 3 is 3.20 bits per heavy atom. The van der Waals surface area contributed by atoms with Crippen LogP contribution in [0, 0.1) is 0 Å². The number of methoxy groups -OCH3 is 1. The fourth-order valence-electron chi connectivity index (χ4n) is 2.03. The van der Waals surface area contributed by atoms with Gasteiger partial charge in [-0.05, 0) is 17.7 Å². The Kier molecular flexibility index (Phi) is 4.04. The lowest BCUT2D eigenvalue weighted by Crippen LogP contribution is -2.00. The number of allylic oxidation sites excluding steroid dienone is 3. The second-order valence-corrected chi connectivity index (χ2v) is 5.58. The number of hydrogen-bond donors (Lipinski definition) is 0. The number of aromatic nitrogens is 2. The van der Waals surface area contributed by atoms with E-state index in [9.17, 15) is 0 Å². The number of pyridine rings is 1. The van der Waals surface area contributed by atoms with Gasteiger partial charge in [-0.2, -0.15) is 0 Å². The van der Waals surface area contributed by atoms with Gasteiger partial charge in [0.15, 0.2) is 0 Å². The molecular weight excluding hydrogens is 268 g/mol. The molecule has 2 aromatic rings. The molecule has 0 N–H and O–H groups in total. The molecule has 0 spiro atoms. The number of fused-ring (bicyclic) bond motifs is 1. The van der Waals surface area contributed by atoms with Gasteiger partial charge in [0.1, 0.15) is 5.65 Å². The molecule has 4 heteroatoms. The predicted molar refractivity (Wildman–Crippen MR) is 83.1 cm³/mol. The second kappa shape index (κ2) is 6.11. The summed E-state index contributed by atoms with van der Waals surface area (Å²) >= 11 is 1.82. The van der Waals surface area contributed by atoms with E-state index < -0.39 is 0 Å². The van der Waals surface area contributed by atoms with Crippen LogP contribution in [0.4, 0.5) is 0 Å². The molecule has 0 aromatic carbocycles. The molecule has 1 unspecified atom stereocenters. The van der Waals surface area contributed by atoms with Gasteiger partial charge in [0.05, 0.1) is 6.10 Å². The van der Waals surface area contributed by atoms with Crippen LogP contribution in [0.15, 0.2) is 71.6 Å². The molecule has 0 radical (unpaired) electrons. The molecule has 0 aliphatic heterocycles. The molecule has 102 valence electrons. The van der Waals surface area contributed by atoms with Crippen molar-refractivity contribution in [3.05, 3.63) is 66.7 Å². The highest BCUT2D eigenvalue weighted by atomic mass is 32.2. The number of nitrogens with zero attached hydrogens (tertiary/aromatic N) is 2. The molecule has 1 aliphatic carbocycles. The average Bonchev–Trinajstić information content (AvgIpc) is 2.82. The van der Waals surface area contributed by atoms with E-state index in [1.807, 2.05) is 40.7 Å². The Bertz CT molecular complexity index is 685. The minimum atomic E-state index is 0.0797. The first kappa shape index (κ1) is 13.2. The van der Waals surface area contributed by atoms with Crippen LogP contribution in [-0.2, 0) is 4.74 Å². The zero-order valence-electron chi connectivity index (χ0n) is 11.3. The van der Waals surface area contributed by atoms with Crippen LogP contribution in [0.1, 0.15) is 0 Å². The second-order valence-electron chi connectivity index (χ2n) is 4.53. The molecule has 0 saturated carbocycles. The van der Waals surface area contributed by atoms with Crippen molar-refractivity contribution in [1.29, 1.82) is 0 Å². The molecule has 20 heavy (non-hydrogen) atoms. The van der Waals surface area contributed by atoms with Gasteiger partial charge in [-0.3, -0.25) is 0 Å². The largest absolute Gasteiger partial charge is 0.373 e. The lowest BCUT2D eigenvalue weighted by Gasteiger charge is -2.04. The van der Waals surface area contributed by atoms with Crippen LogP contribution in [0.2, 0.25) is 0 Å². The van der Waals surface area contributed by atoms with Crippen LogP contribution in [-0.4, -0.2) is 28.4 Å². The highest BCUT2D eigenvalue weighted by Crippen LogP contribution is 2.22. The van der Waals surface area contributed by atoms with Crippen molar-refractivity contribution in [3.8, 4) is 0 Å². The number of rotatable bonds is 4. The van der Waals surface area contributed by atoms with E-state index in [1.54, 1.807) is 7.11 Å². The van der Waals surface area contributed by atoms with E-state index in [-0.39, 0.29) is 6.10 Å². The fraction of sp³-hybridized carbons (Fsp3) is 0.188. The van der Waals surface area contributed by atoms with Crippen LogP contribution in [0.25, 0.3) is 5.65 Å². The minimum Gasteiger partial charge on any atom is -0.373 e. The molecular formula is C16H16N2OS. The lowest BCUT2D eigenvalue weighted by molar-refractivity contribution is 0.178. The number of imidazole rings is 1. The Morgan fingerprint density at radius 1 is 1.35 bits per heavy atom. The Hall–Kier alpha value is -1.78. The van der Waals surface area contributed by atoms with Gasteiger partial charge >= 0.3 is 0 Å². The van der Waals surface area contributed by atoms with E-state index in [1.165, 1.54) is 10.5 Å². The molecule has 2 aromatic heterocycles. The van der Waals surface area contributed by atoms with Crippen molar-refractivity contribution in [2.24, 2.45) is 0 Å². The topological polar surface area (TPSA) is 26.5 Å². The number of ether oxygens (including phenoxy) is 1. The van der Waals surface area contributed by atoms with Crippen LogP contribution >= 0.6 is 11.8 Å². The maximum Gasteiger partial charge on any atom is 0.136 e. The molecule has 0 saturated heterocycles. The maximum atomic E-state index is 5.30. The molecule has 1 aliphatic rings. The van der Waals surface area contributed by atoms with Gasteiger partial charge in [-0.15, -0.1) is 11.8 Å². The molecule has 2 heterocycles. The summed E-state index contributed by atoms with van der Waals surface area (Å²) in [4.78, 5) is 5.49. The highest BCUT2D eigenvalue weighted by molar-refractivity contribution is 7.99. The van der Waals surface area contributed by atoms with E-state index >= 15 is 0 Å². The maximum absolute atomic E-state index is 5.30. The van der Waals surface area contributed by atoms with Crippen molar-refractivity contribution < 1.29 is 4.74 Å². The summed E-state index contributed by atoms with van der Waals surface area (Å²) in [6.07, 6.45) is 16.4. The Morgan fingerprint density at radius 2 is 2.30 bits per heavy atom. The van der Waals surface area contributed by atoms with Crippen molar-refractivity contribution >= 4 is 17.4 Å². The highest BCUT2D eigenvalue weighted by Gasteiger charge is 2.03. The summed E-state index contributed by atoms with van der Waals surface area (Å²) in [5.41, 5.74) is 2.27. The first-order valence-electron chi connectivity index (χ1n) is 6.49. The first-order chi connectivity index (χ1) is 9.85. The summed E-state index contributed by atoms with van der Waals surface area (Å²) in [5.74, 6) is 0.942. The normalized spacial score (nSPS) is 18.2. The van der Waals surface area contributed by atoms with E-state index in [4.69, 9.17) is 4.74 Å². The standard InChI is InChI=1S/C16H16N2OS/c1-19-14-4-2-3-13(5-6-14)12-20-15-7-8-16-17-9-10-18(16)11-15/h2-11,14H,12H2,1H3. The van der Waals surface area contributed by atoms with E-state index in [0.717, 1.165) is 11.4 Å². The van der Waals surface area contributed by atoms with Crippen molar-refractivity contribution in [1.82, 2.24) is 9.38 Å². The molecule has 3 nitrogen and oxygen atoms in total. The van der Waals surface area contributed by atoms with Crippen LogP contribution < -0.4 is 0 Å². The summed E-state index contributed by atoms with van der Waals surface area (Å²) in [6, 6.07) is 4.16. The summed E-state index contributed by atoms with van der Waals surface area (Å²) in [6.45, 7) is 0. The quantitative estimate of drug-likeness (QED) is 0.804. The van der Waals surface area contributed by atoms with Crippen molar-refractivity contribution in [2.75, 3.05) is 12.9 Å². The first-order valence-corrected chi connectivity index (χ1v) is 7.47. The molecule has 0 amide bonds. The van der Waals surface area contributed by atoms with Gasteiger partial charge in [-0.1, -0.05) is 30.4 Å². The minimum absolute atomic E-state index is 0.0797. The summed E-state index contributed by atoms with van der Waals surface area (Å²) < 4.78 is 7.34. The van der Waals surface area contributed by atoms with Crippen molar-refractivity contribution in [3.63, 3.8) is 0 Å². The molecule has 1 atom stereocenters. The number of thioether (sulfide) groups is 1. The third-order valence-corrected chi connectivity index (χ3v) is 4.20. The van der Waals surface area contributed by atoms with E-state index in [0.29, 0.717) is 0 Å². The van der Waals surface area contributed by atoms with E-state index in [2.05, 4.69) is 41.6 Å². The van der Waals surface area contributed by atoms with Crippen LogP contribution in [0.3, 0.4) is 0 Å². The summed E-state index contributed by atoms with van der Waals surface area (Å²) in [7, 11) is 1.72. The van der Waals surface area contributed by atoms with Gasteiger partial charge in [0.25, 0.3) is 0 Å². The zero-order chi connectivity index (χ0) is 13.8. The predicted octanol–water partition coefficient (Wildman–Crippen LogP) is 3.49. The Labute approximate surface area is 122 Å². The smallest absolute Gasteiger partial charge is 0.136 e. The number of hydrogen-bond acceptors (Lipinski definition) is 3. The van der Waals surface area contributed by atoms with Gasteiger partial charge < -0.3 is 9.14 Å². The Balaban J connectivity index is 1.67. The van der Waals surface area contributed by atoms with Gasteiger partial charge in [0.2, 0.25) is 0 Å². The third-order valence-electron chi connectivity index (χ3n) is 3.15. The summed E-state index contributed by atoms with van der Waals surface area (Å²) in [5, 5.41) is 0. The molecule has 0 fully saturated rings. The van der Waals surface area contributed by atoms with Crippen molar-refractivity contribution in [2.45, 2.75) is 11.0 Å². The SMILES string of the molecule is COC1C=CC=C(CSc2ccc3nccn3c2)C=C1. The lowest BCUT2D eigenvalue weighted by atomic mass is 10.2. The third kappa shape index (κ3) is 3.03. The molecule has 0 bridgehead atoms. The van der Waals surface area contributed by atoms with Crippen LogP contribution in [0.5, 0.6) is 0 Å². The fourth-order valence-corrected chi connectivity index (χ4v) is 2.91. The van der Waals surface area contributed by atoms with Gasteiger partial charge in [-0.25, -0.2) is 4.98 Å². The van der Waals surface area contributed by atoms with Gasteiger partial charge in [0, 0.05) is 36.3 Å². The zero-order valence-corrected chi connectivity index (χ0v) is 12.1. The molecule has 3 rings (SSSR count). The monoisotopic (exact) mass is 284 g/mol.